The van der Waals surface area contributed by atoms with E-state index in [9.17, 15) is 0 Å². The average Bonchev–Trinajstić information content (AvgIpc) is 2.30. The van der Waals surface area contributed by atoms with E-state index in [-0.39, 0.29) is 0 Å². The molecule has 0 unspecified atom stereocenters. The summed E-state index contributed by atoms with van der Waals surface area (Å²) in [6.07, 6.45) is 0. The van der Waals surface area contributed by atoms with E-state index < -0.39 is 0 Å². The molecule has 0 fully saturated rings. The molecule has 72 valence electrons. The molecule has 2 aromatic rings. The van der Waals surface area contributed by atoms with Crippen LogP contribution in [0.15, 0.2) is 54.6 Å². The second-order valence-corrected chi connectivity index (χ2v) is 4.64. The van der Waals surface area contributed by atoms with Gasteiger partial charge in [-0.25, -0.2) is 0 Å². The van der Waals surface area contributed by atoms with Gasteiger partial charge in [-0.15, -0.1) is 0 Å². The molecule has 0 bridgehead atoms. The van der Waals surface area contributed by atoms with Crippen molar-refractivity contribution in [3.8, 4) is 11.8 Å². The van der Waals surface area contributed by atoms with Crippen molar-refractivity contribution in [3.63, 3.8) is 0 Å². The van der Waals surface area contributed by atoms with Gasteiger partial charge < -0.3 is 0 Å². The molecular weight excluding hydrogens is 296 g/mol. The zero-order valence-corrected chi connectivity index (χ0v) is 10.7. The van der Waals surface area contributed by atoms with Crippen molar-refractivity contribution in [2.45, 2.75) is 0 Å². The van der Waals surface area contributed by atoms with Gasteiger partial charge in [0.05, 0.1) is 0 Å². The van der Waals surface area contributed by atoms with Gasteiger partial charge in [-0.05, 0) is 0 Å². The Bertz CT molecular complexity index is 486. The van der Waals surface area contributed by atoms with Crippen molar-refractivity contribution in [1.29, 1.82) is 0 Å². The molecule has 0 aromatic heterocycles. The predicted octanol–water partition coefficient (Wildman–Crippen LogP) is 1.61. The van der Waals surface area contributed by atoms with E-state index in [4.69, 9.17) is 0 Å². The third kappa shape index (κ3) is 3.14. The number of hydrogen-bond acceptors (Lipinski definition) is 0. The second kappa shape index (κ2) is 5.04. The van der Waals surface area contributed by atoms with Crippen LogP contribution in [0, 0.1) is 11.8 Å². The summed E-state index contributed by atoms with van der Waals surface area (Å²) >= 11 is 1.73. The van der Waals surface area contributed by atoms with Crippen LogP contribution in [-0.4, -0.2) is 22.3 Å². The fourth-order valence-electron chi connectivity index (χ4n) is 1.21. The van der Waals surface area contributed by atoms with Crippen molar-refractivity contribution < 1.29 is 0 Å². The third-order valence-corrected chi connectivity index (χ3v) is 2.84. The first-order chi connectivity index (χ1) is 7.34. The summed E-state index contributed by atoms with van der Waals surface area (Å²) in [6, 6.07) is 18.4. The minimum absolute atomic E-state index is 1.06. The van der Waals surface area contributed by atoms with Gasteiger partial charge in [0.15, 0.2) is 0 Å². The Morgan fingerprint density at radius 1 is 0.667 bits per heavy atom. The minimum atomic E-state index is 1.06. The van der Waals surface area contributed by atoms with Crippen molar-refractivity contribution >= 4 is 25.9 Å². The van der Waals surface area contributed by atoms with E-state index >= 15 is 0 Å². The SMILES string of the molecule is [TeH]c1ccc(C#Cc2ccccc2)cc1. The summed E-state index contributed by atoms with van der Waals surface area (Å²) < 4.78 is 1.31. The van der Waals surface area contributed by atoms with Crippen molar-refractivity contribution in [1.82, 2.24) is 0 Å². The molecule has 0 N–H and O–H groups in total. The molecule has 0 saturated carbocycles. The Morgan fingerprint density at radius 2 is 1.20 bits per heavy atom. The molecule has 0 amide bonds. The zero-order valence-electron chi connectivity index (χ0n) is 8.14. The van der Waals surface area contributed by atoms with E-state index in [2.05, 4.69) is 36.1 Å². The van der Waals surface area contributed by atoms with E-state index in [0.717, 1.165) is 11.1 Å². The first kappa shape index (κ1) is 10.3. The summed E-state index contributed by atoms with van der Waals surface area (Å²) in [5.74, 6) is 6.28. The molecule has 0 saturated heterocycles. The van der Waals surface area contributed by atoms with E-state index in [0.29, 0.717) is 0 Å². The predicted molar refractivity (Wildman–Crippen MR) is 65.6 cm³/mol. The van der Waals surface area contributed by atoms with E-state index in [1.165, 1.54) is 3.61 Å². The van der Waals surface area contributed by atoms with Crippen molar-refractivity contribution in [3.05, 3.63) is 65.7 Å². The van der Waals surface area contributed by atoms with Crippen LogP contribution in [0.25, 0.3) is 0 Å². The summed E-state index contributed by atoms with van der Waals surface area (Å²) in [5.41, 5.74) is 2.12. The second-order valence-electron chi connectivity index (χ2n) is 3.16. The Balaban J connectivity index is 2.22. The summed E-state index contributed by atoms with van der Waals surface area (Å²) in [4.78, 5) is 0. The quantitative estimate of drug-likeness (QED) is 0.512. The van der Waals surface area contributed by atoms with Crippen LogP contribution in [-0.2, 0) is 0 Å². The maximum absolute atomic E-state index is 3.14. The molecule has 1 heteroatoms. The van der Waals surface area contributed by atoms with Gasteiger partial charge in [0.1, 0.15) is 0 Å². The van der Waals surface area contributed by atoms with Crippen LogP contribution in [0.1, 0.15) is 11.1 Å². The van der Waals surface area contributed by atoms with Crippen LogP contribution < -0.4 is 3.61 Å². The summed E-state index contributed by atoms with van der Waals surface area (Å²) in [6.45, 7) is 0. The first-order valence-corrected chi connectivity index (χ1v) is 5.98. The fraction of sp³-hybridized carbons (Fsp3) is 0. The maximum atomic E-state index is 3.14. The van der Waals surface area contributed by atoms with Gasteiger partial charge in [-0.2, -0.15) is 0 Å². The van der Waals surface area contributed by atoms with E-state index in [1.807, 2.05) is 30.3 Å². The zero-order chi connectivity index (χ0) is 10.5. The number of rotatable bonds is 0. The molecule has 0 atom stereocenters. The number of benzene rings is 2. The molecule has 0 spiro atoms. The van der Waals surface area contributed by atoms with Gasteiger partial charge in [0, 0.05) is 0 Å². The summed E-state index contributed by atoms with van der Waals surface area (Å²) in [5, 5.41) is 0. The Morgan fingerprint density at radius 3 is 1.80 bits per heavy atom. The molecule has 0 heterocycles. The Hall–Kier alpha value is -1.21. The monoisotopic (exact) mass is 308 g/mol. The molecule has 0 radical (unpaired) electrons. The molecule has 0 aliphatic heterocycles. The molecule has 15 heavy (non-hydrogen) atoms. The molecule has 0 nitrogen and oxygen atoms in total. The topological polar surface area (TPSA) is 0 Å². The third-order valence-electron chi connectivity index (χ3n) is 1.99. The Kier molecular flexibility index (Phi) is 3.46. The molecule has 2 aromatic carbocycles. The van der Waals surface area contributed by atoms with Crippen LogP contribution >= 0.6 is 0 Å². The van der Waals surface area contributed by atoms with Crippen LogP contribution in [0.3, 0.4) is 0 Å². The van der Waals surface area contributed by atoms with Crippen molar-refractivity contribution in [2.24, 2.45) is 0 Å². The van der Waals surface area contributed by atoms with Gasteiger partial charge in [-0.1, -0.05) is 0 Å². The number of hydrogen-bond donors (Lipinski definition) is 0. The Labute approximate surface area is 103 Å². The van der Waals surface area contributed by atoms with Crippen LogP contribution in [0.4, 0.5) is 0 Å². The fourth-order valence-corrected chi connectivity index (χ4v) is 1.64. The van der Waals surface area contributed by atoms with Gasteiger partial charge in [-0.3, -0.25) is 0 Å². The first-order valence-electron chi connectivity index (χ1n) is 4.71. The summed E-state index contributed by atoms with van der Waals surface area (Å²) in [7, 11) is 0. The van der Waals surface area contributed by atoms with E-state index in [1.54, 1.807) is 22.3 Å². The standard InChI is InChI=1S/C14H10Te/c15-14-10-8-13(9-11-14)7-6-12-4-2-1-3-5-12/h1-5,8-11,15H. The molecule has 0 aliphatic carbocycles. The molecule has 0 aliphatic rings. The van der Waals surface area contributed by atoms with Crippen molar-refractivity contribution in [2.75, 3.05) is 0 Å². The molecule has 2 rings (SSSR count). The van der Waals surface area contributed by atoms with Crippen LogP contribution in [0.2, 0.25) is 0 Å². The van der Waals surface area contributed by atoms with Gasteiger partial charge in [0.25, 0.3) is 0 Å². The van der Waals surface area contributed by atoms with Crippen LogP contribution in [0.5, 0.6) is 0 Å². The normalized spacial score (nSPS) is 9.13. The van der Waals surface area contributed by atoms with Gasteiger partial charge >= 0.3 is 103 Å². The van der Waals surface area contributed by atoms with Gasteiger partial charge in [0.2, 0.25) is 0 Å². The molecular formula is C14H10Te. The average molecular weight is 306 g/mol.